The topological polar surface area (TPSA) is 76.8 Å². The van der Waals surface area contributed by atoms with Gasteiger partial charge in [0, 0.05) is 19.2 Å². The van der Waals surface area contributed by atoms with Crippen LogP contribution in [0.1, 0.15) is 29.2 Å². The Morgan fingerprint density at radius 2 is 1.92 bits per heavy atom. The number of carbonyl (C=O) groups excluding carboxylic acids is 1. The second-order valence-corrected chi connectivity index (χ2v) is 7.78. The molecule has 8 heteroatoms. The molecule has 2 heterocycles. The van der Waals surface area contributed by atoms with E-state index < -0.39 is 16.0 Å². The Balaban J connectivity index is 1.86. The fourth-order valence-corrected chi connectivity index (χ4v) is 4.42. The van der Waals surface area contributed by atoms with Crippen molar-refractivity contribution in [3.63, 3.8) is 0 Å². The van der Waals surface area contributed by atoms with Gasteiger partial charge in [-0.25, -0.2) is 13.2 Å². The fraction of sp³-hybridized carbons (Fsp3) is 0.312. The van der Waals surface area contributed by atoms with Gasteiger partial charge in [-0.2, -0.15) is 4.31 Å². The molecule has 0 saturated carbocycles. The summed E-state index contributed by atoms with van der Waals surface area (Å²) < 4.78 is 37.1. The molecule has 0 radical (unpaired) electrons. The molecule has 0 bridgehead atoms. The number of rotatable bonds is 4. The molecule has 2 aromatic rings. The molecule has 6 nitrogen and oxygen atoms in total. The van der Waals surface area contributed by atoms with E-state index in [-0.39, 0.29) is 27.2 Å². The van der Waals surface area contributed by atoms with Crippen LogP contribution in [0.2, 0.25) is 5.02 Å². The normalized spacial score (nSPS) is 15.6. The molecule has 128 valence electrons. The number of para-hydroxylation sites is 1. The van der Waals surface area contributed by atoms with E-state index in [4.69, 9.17) is 20.8 Å². The number of benzene rings is 1. The van der Waals surface area contributed by atoms with E-state index >= 15 is 0 Å². The molecule has 0 spiro atoms. The van der Waals surface area contributed by atoms with Crippen molar-refractivity contribution in [3.05, 3.63) is 46.9 Å². The molecule has 24 heavy (non-hydrogen) atoms. The summed E-state index contributed by atoms with van der Waals surface area (Å²) in [6.07, 6.45) is 1.66. The Kier molecular flexibility index (Phi) is 4.67. The molecule has 0 N–H and O–H groups in total. The number of halogens is 1. The van der Waals surface area contributed by atoms with Crippen LogP contribution in [0.25, 0.3) is 0 Å². The van der Waals surface area contributed by atoms with Crippen molar-refractivity contribution < 1.29 is 22.4 Å². The molecule has 3 rings (SSSR count). The van der Waals surface area contributed by atoms with Crippen molar-refractivity contribution in [2.45, 2.75) is 24.7 Å². The van der Waals surface area contributed by atoms with Crippen LogP contribution in [0.4, 0.5) is 0 Å². The van der Waals surface area contributed by atoms with Gasteiger partial charge in [0.2, 0.25) is 15.8 Å². The zero-order valence-corrected chi connectivity index (χ0v) is 14.6. The zero-order chi connectivity index (χ0) is 17.3. The van der Waals surface area contributed by atoms with Crippen LogP contribution in [0.15, 0.2) is 39.6 Å². The number of carbonyl (C=O) groups is 1. The highest BCUT2D eigenvalue weighted by Crippen LogP contribution is 2.28. The lowest BCUT2D eigenvalue weighted by Crippen LogP contribution is -2.28. The summed E-state index contributed by atoms with van der Waals surface area (Å²) in [4.78, 5) is 12.2. The predicted octanol–water partition coefficient (Wildman–Crippen LogP) is 3.25. The van der Waals surface area contributed by atoms with Gasteiger partial charge >= 0.3 is 5.97 Å². The predicted molar refractivity (Wildman–Crippen MR) is 87.8 cm³/mol. The van der Waals surface area contributed by atoms with Crippen LogP contribution in [-0.4, -0.2) is 31.8 Å². The van der Waals surface area contributed by atoms with E-state index in [1.54, 1.807) is 18.2 Å². The van der Waals surface area contributed by atoms with Crippen LogP contribution < -0.4 is 4.74 Å². The Hall–Kier alpha value is -1.83. The van der Waals surface area contributed by atoms with E-state index in [0.717, 1.165) is 12.8 Å². The highest BCUT2D eigenvalue weighted by molar-refractivity contribution is 7.89. The Labute approximate surface area is 145 Å². The molecule has 1 aliphatic rings. The van der Waals surface area contributed by atoms with Crippen LogP contribution in [0, 0.1) is 6.92 Å². The van der Waals surface area contributed by atoms with Gasteiger partial charge in [0.05, 0.1) is 5.02 Å². The smallest absolute Gasteiger partial charge is 0.379 e. The highest BCUT2D eigenvalue weighted by atomic mass is 35.5. The average molecular weight is 370 g/mol. The minimum absolute atomic E-state index is 0.00416. The SMILES string of the molecule is Cc1oc(C(=O)Oc2ccccc2Cl)cc1S(=O)(=O)N1CCCC1. The van der Waals surface area contributed by atoms with Gasteiger partial charge in [0.1, 0.15) is 16.4 Å². The summed E-state index contributed by atoms with van der Waals surface area (Å²) in [7, 11) is -3.66. The summed E-state index contributed by atoms with van der Waals surface area (Å²) in [5, 5.41) is 0.277. The lowest BCUT2D eigenvalue weighted by Gasteiger charge is -2.14. The third kappa shape index (κ3) is 3.19. The van der Waals surface area contributed by atoms with Crippen LogP contribution >= 0.6 is 11.6 Å². The molecule has 0 atom stereocenters. The van der Waals surface area contributed by atoms with Gasteiger partial charge < -0.3 is 9.15 Å². The van der Waals surface area contributed by atoms with Gasteiger partial charge in [0.25, 0.3) is 0 Å². The first-order valence-corrected chi connectivity index (χ1v) is 9.28. The maximum atomic E-state index is 12.6. The van der Waals surface area contributed by atoms with Crippen LogP contribution in [-0.2, 0) is 10.0 Å². The Bertz CT molecular complexity index is 868. The van der Waals surface area contributed by atoms with Gasteiger partial charge in [0.15, 0.2) is 0 Å². The minimum atomic E-state index is -3.66. The average Bonchev–Trinajstić information content (AvgIpc) is 3.19. The van der Waals surface area contributed by atoms with Gasteiger partial charge in [-0.1, -0.05) is 23.7 Å². The van der Waals surface area contributed by atoms with E-state index in [1.807, 2.05) is 0 Å². The Morgan fingerprint density at radius 1 is 1.25 bits per heavy atom. The molecular formula is C16H16ClNO5S. The first-order chi connectivity index (χ1) is 11.4. The molecule has 1 aromatic carbocycles. The monoisotopic (exact) mass is 369 g/mol. The van der Waals surface area contributed by atoms with Crippen molar-refractivity contribution in [1.29, 1.82) is 0 Å². The first kappa shape index (κ1) is 17.0. The van der Waals surface area contributed by atoms with Crippen molar-refractivity contribution >= 4 is 27.6 Å². The van der Waals surface area contributed by atoms with Gasteiger partial charge in [-0.3, -0.25) is 0 Å². The van der Waals surface area contributed by atoms with E-state index in [1.165, 1.54) is 23.4 Å². The number of sulfonamides is 1. The van der Waals surface area contributed by atoms with Crippen molar-refractivity contribution in [2.24, 2.45) is 0 Å². The number of nitrogens with zero attached hydrogens (tertiary/aromatic N) is 1. The maximum absolute atomic E-state index is 12.6. The summed E-state index contributed by atoms with van der Waals surface area (Å²) in [5.74, 6) is -0.630. The van der Waals surface area contributed by atoms with Gasteiger partial charge in [-0.15, -0.1) is 0 Å². The second kappa shape index (κ2) is 6.58. The quantitative estimate of drug-likeness (QED) is 0.610. The van der Waals surface area contributed by atoms with E-state index in [2.05, 4.69) is 0 Å². The molecule has 1 aromatic heterocycles. The summed E-state index contributed by atoms with van der Waals surface area (Å²) in [5.41, 5.74) is 0. The second-order valence-electron chi connectivity index (χ2n) is 5.46. The molecule has 1 saturated heterocycles. The molecule has 0 aliphatic carbocycles. The van der Waals surface area contributed by atoms with E-state index in [0.29, 0.717) is 13.1 Å². The maximum Gasteiger partial charge on any atom is 0.379 e. The Morgan fingerprint density at radius 3 is 2.58 bits per heavy atom. The molecule has 0 unspecified atom stereocenters. The highest BCUT2D eigenvalue weighted by Gasteiger charge is 2.32. The number of furan rings is 1. The lowest BCUT2D eigenvalue weighted by molar-refractivity contribution is 0.0700. The number of aryl methyl sites for hydroxylation is 1. The molecule has 1 aliphatic heterocycles. The zero-order valence-electron chi connectivity index (χ0n) is 13.0. The lowest BCUT2D eigenvalue weighted by atomic mass is 10.3. The largest absolute Gasteiger partial charge is 0.453 e. The number of esters is 1. The molecule has 1 fully saturated rings. The van der Waals surface area contributed by atoms with E-state index in [9.17, 15) is 13.2 Å². The fourth-order valence-electron chi connectivity index (χ4n) is 2.57. The summed E-state index contributed by atoms with van der Waals surface area (Å²) >= 11 is 5.94. The summed E-state index contributed by atoms with van der Waals surface area (Å²) in [6, 6.07) is 7.71. The molecule has 0 amide bonds. The van der Waals surface area contributed by atoms with Crippen LogP contribution in [0.5, 0.6) is 5.75 Å². The minimum Gasteiger partial charge on any atom is -0.453 e. The van der Waals surface area contributed by atoms with Crippen LogP contribution in [0.3, 0.4) is 0 Å². The number of ether oxygens (including phenoxy) is 1. The van der Waals surface area contributed by atoms with Crippen molar-refractivity contribution in [2.75, 3.05) is 13.1 Å². The number of hydrogen-bond acceptors (Lipinski definition) is 5. The third-order valence-electron chi connectivity index (χ3n) is 3.80. The number of hydrogen-bond donors (Lipinski definition) is 0. The van der Waals surface area contributed by atoms with Crippen molar-refractivity contribution in [1.82, 2.24) is 4.31 Å². The first-order valence-electron chi connectivity index (χ1n) is 7.47. The summed E-state index contributed by atoms with van der Waals surface area (Å²) in [6.45, 7) is 2.47. The van der Waals surface area contributed by atoms with Crippen molar-refractivity contribution in [3.8, 4) is 5.75 Å². The standard InChI is InChI=1S/C16H16ClNO5S/c1-11-15(24(20,21)18-8-4-5-9-18)10-14(22-11)16(19)23-13-7-3-2-6-12(13)17/h2-3,6-7,10H,4-5,8-9H2,1H3. The third-order valence-corrected chi connectivity index (χ3v) is 6.11. The molecular weight excluding hydrogens is 354 g/mol. The van der Waals surface area contributed by atoms with Gasteiger partial charge in [-0.05, 0) is 31.9 Å².